The first-order chi connectivity index (χ1) is 8.74. The molecule has 0 N–H and O–H groups in total. The highest BCUT2D eigenvalue weighted by Gasteiger charge is 2.38. The molecule has 3 fully saturated rings. The van der Waals surface area contributed by atoms with Crippen LogP contribution in [0.25, 0.3) is 0 Å². The molecular formula is C16H27NO. The third kappa shape index (κ3) is 2.49. The third-order valence-corrected chi connectivity index (χ3v) is 5.61. The van der Waals surface area contributed by atoms with E-state index in [-0.39, 0.29) is 0 Å². The molecule has 1 aliphatic heterocycles. The first-order valence-corrected chi connectivity index (χ1v) is 8.01. The van der Waals surface area contributed by atoms with E-state index in [2.05, 4.69) is 11.8 Å². The Balaban J connectivity index is 1.60. The van der Waals surface area contributed by atoms with Gasteiger partial charge in [0.15, 0.2) is 0 Å². The minimum atomic E-state index is 0.356. The van der Waals surface area contributed by atoms with Crippen LogP contribution in [0.4, 0.5) is 0 Å². The van der Waals surface area contributed by atoms with E-state index >= 15 is 0 Å². The van der Waals surface area contributed by atoms with Gasteiger partial charge in [0.1, 0.15) is 5.78 Å². The molecule has 2 aliphatic carbocycles. The maximum atomic E-state index is 12.1. The number of Topliss-reactive ketones (excluding diaryl/α,β-unsaturated/α-hetero) is 1. The van der Waals surface area contributed by atoms with E-state index in [4.69, 9.17) is 0 Å². The molecular weight excluding hydrogens is 222 g/mol. The summed E-state index contributed by atoms with van der Waals surface area (Å²) in [5.74, 6) is 2.62. The minimum absolute atomic E-state index is 0.356. The van der Waals surface area contributed by atoms with Crippen molar-refractivity contribution in [3.8, 4) is 0 Å². The van der Waals surface area contributed by atoms with Gasteiger partial charge >= 0.3 is 0 Å². The van der Waals surface area contributed by atoms with Gasteiger partial charge in [-0.25, -0.2) is 0 Å². The summed E-state index contributed by atoms with van der Waals surface area (Å²) in [6, 6.07) is 0.823. The summed E-state index contributed by atoms with van der Waals surface area (Å²) in [4.78, 5) is 14.7. The van der Waals surface area contributed by atoms with Crippen molar-refractivity contribution in [1.82, 2.24) is 4.90 Å². The van der Waals surface area contributed by atoms with E-state index in [0.29, 0.717) is 11.7 Å². The van der Waals surface area contributed by atoms with E-state index in [1.54, 1.807) is 0 Å². The topological polar surface area (TPSA) is 20.3 Å². The number of rotatable bonds is 2. The zero-order valence-corrected chi connectivity index (χ0v) is 11.7. The van der Waals surface area contributed by atoms with Gasteiger partial charge < -0.3 is 0 Å². The second kappa shape index (κ2) is 5.32. The first-order valence-electron chi connectivity index (χ1n) is 8.01. The number of likely N-dealkylation sites (tertiary alicyclic amines) is 1. The van der Waals surface area contributed by atoms with Crippen LogP contribution in [0.2, 0.25) is 0 Å². The molecule has 4 unspecified atom stereocenters. The van der Waals surface area contributed by atoms with Crippen LogP contribution >= 0.6 is 0 Å². The van der Waals surface area contributed by atoms with Crippen LogP contribution in [-0.2, 0) is 4.79 Å². The van der Waals surface area contributed by atoms with Crippen molar-refractivity contribution < 1.29 is 4.79 Å². The van der Waals surface area contributed by atoms with Crippen molar-refractivity contribution in [2.24, 2.45) is 17.8 Å². The number of fused-ring (bicyclic) bond motifs is 1. The summed E-state index contributed by atoms with van der Waals surface area (Å²) >= 11 is 0. The molecule has 0 aromatic heterocycles. The average molecular weight is 249 g/mol. The van der Waals surface area contributed by atoms with Gasteiger partial charge in [-0.15, -0.1) is 0 Å². The molecule has 18 heavy (non-hydrogen) atoms. The molecule has 3 aliphatic rings. The summed E-state index contributed by atoms with van der Waals surface area (Å²) in [6.45, 7) is 4.64. The van der Waals surface area contributed by atoms with E-state index in [1.807, 2.05) is 0 Å². The minimum Gasteiger partial charge on any atom is -0.299 e. The Morgan fingerprint density at radius 1 is 1.17 bits per heavy atom. The Labute approximate surface area is 111 Å². The second-order valence-electron chi connectivity index (χ2n) is 6.94. The Kier molecular flexibility index (Phi) is 3.74. The summed E-state index contributed by atoms with van der Waals surface area (Å²) < 4.78 is 0. The lowest BCUT2D eigenvalue weighted by Crippen LogP contribution is -2.41. The van der Waals surface area contributed by atoms with Gasteiger partial charge in [0.25, 0.3) is 0 Å². The highest BCUT2D eigenvalue weighted by molar-refractivity contribution is 5.81. The highest BCUT2D eigenvalue weighted by Crippen LogP contribution is 2.37. The van der Waals surface area contributed by atoms with Gasteiger partial charge in [0, 0.05) is 24.9 Å². The average Bonchev–Trinajstić information content (AvgIpc) is 2.78. The van der Waals surface area contributed by atoms with Crippen LogP contribution in [0.1, 0.15) is 58.3 Å². The first kappa shape index (κ1) is 12.7. The Bertz CT molecular complexity index is 314. The molecule has 2 saturated carbocycles. The van der Waals surface area contributed by atoms with Crippen LogP contribution in [0.15, 0.2) is 0 Å². The summed E-state index contributed by atoms with van der Waals surface area (Å²) in [5.41, 5.74) is 0. The quantitative estimate of drug-likeness (QED) is 0.748. The van der Waals surface area contributed by atoms with Gasteiger partial charge in [0.05, 0.1) is 0 Å². The van der Waals surface area contributed by atoms with Gasteiger partial charge in [-0.3, -0.25) is 9.69 Å². The molecule has 1 saturated heterocycles. The molecule has 1 heterocycles. The van der Waals surface area contributed by atoms with Crippen LogP contribution in [0.3, 0.4) is 0 Å². The number of carbonyl (C=O) groups excluding carboxylic acids is 1. The lowest BCUT2D eigenvalue weighted by Gasteiger charge is -2.35. The molecule has 4 atom stereocenters. The fourth-order valence-corrected chi connectivity index (χ4v) is 4.52. The standard InChI is InChI=1S/C16H27NO/c1-12-6-7-16(18)14(10-12)11-17-9-8-13-4-2-3-5-15(13)17/h12-15H,2-11H2,1H3. The lowest BCUT2D eigenvalue weighted by atomic mass is 9.80. The smallest absolute Gasteiger partial charge is 0.137 e. The Morgan fingerprint density at radius 2 is 2.00 bits per heavy atom. The van der Waals surface area contributed by atoms with Gasteiger partial charge in [-0.2, -0.15) is 0 Å². The predicted molar refractivity (Wildman–Crippen MR) is 73.4 cm³/mol. The maximum absolute atomic E-state index is 12.1. The van der Waals surface area contributed by atoms with E-state index in [0.717, 1.165) is 43.7 Å². The summed E-state index contributed by atoms with van der Waals surface area (Å²) in [7, 11) is 0. The number of hydrogen-bond acceptors (Lipinski definition) is 2. The van der Waals surface area contributed by atoms with Crippen LogP contribution in [-0.4, -0.2) is 29.8 Å². The number of ketones is 1. The fraction of sp³-hybridized carbons (Fsp3) is 0.938. The molecule has 2 heteroatoms. The Morgan fingerprint density at radius 3 is 2.89 bits per heavy atom. The van der Waals surface area contributed by atoms with Gasteiger partial charge in [-0.1, -0.05) is 19.8 Å². The molecule has 0 spiro atoms. The molecule has 0 radical (unpaired) electrons. The molecule has 0 bridgehead atoms. The zero-order chi connectivity index (χ0) is 12.5. The van der Waals surface area contributed by atoms with Crippen molar-refractivity contribution in [2.75, 3.05) is 13.1 Å². The monoisotopic (exact) mass is 249 g/mol. The zero-order valence-electron chi connectivity index (χ0n) is 11.7. The van der Waals surface area contributed by atoms with Crippen molar-refractivity contribution in [3.63, 3.8) is 0 Å². The fourth-order valence-electron chi connectivity index (χ4n) is 4.52. The molecule has 3 rings (SSSR count). The molecule has 102 valence electrons. The van der Waals surface area contributed by atoms with Crippen molar-refractivity contribution >= 4 is 5.78 Å². The summed E-state index contributed by atoms with van der Waals surface area (Å²) in [6.07, 6.45) is 10.2. The molecule has 0 amide bonds. The number of carbonyl (C=O) groups is 1. The van der Waals surface area contributed by atoms with Gasteiger partial charge in [-0.05, 0) is 50.5 Å². The normalized spacial score (nSPS) is 41.9. The van der Waals surface area contributed by atoms with Crippen molar-refractivity contribution in [1.29, 1.82) is 0 Å². The molecule has 0 aromatic carbocycles. The molecule has 2 nitrogen and oxygen atoms in total. The largest absolute Gasteiger partial charge is 0.299 e. The van der Waals surface area contributed by atoms with E-state index in [9.17, 15) is 4.79 Å². The van der Waals surface area contributed by atoms with E-state index < -0.39 is 0 Å². The molecule has 0 aromatic rings. The lowest BCUT2D eigenvalue weighted by molar-refractivity contribution is -0.126. The SMILES string of the molecule is CC1CCC(=O)C(CN2CCC3CCCCC32)C1. The Hall–Kier alpha value is -0.370. The second-order valence-corrected chi connectivity index (χ2v) is 6.94. The van der Waals surface area contributed by atoms with Crippen LogP contribution in [0.5, 0.6) is 0 Å². The highest BCUT2D eigenvalue weighted by atomic mass is 16.1. The predicted octanol–water partition coefficient (Wildman–Crippen LogP) is 3.26. The van der Waals surface area contributed by atoms with Gasteiger partial charge in [0.2, 0.25) is 0 Å². The van der Waals surface area contributed by atoms with Crippen LogP contribution < -0.4 is 0 Å². The third-order valence-electron chi connectivity index (χ3n) is 5.61. The maximum Gasteiger partial charge on any atom is 0.137 e. The van der Waals surface area contributed by atoms with E-state index in [1.165, 1.54) is 38.6 Å². The summed E-state index contributed by atoms with van der Waals surface area (Å²) in [5, 5.41) is 0. The van der Waals surface area contributed by atoms with Crippen molar-refractivity contribution in [2.45, 2.75) is 64.3 Å². The number of hydrogen-bond donors (Lipinski definition) is 0. The van der Waals surface area contributed by atoms with Crippen molar-refractivity contribution in [3.05, 3.63) is 0 Å². The number of nitrogens with zero attached hydrogens (tertiary/aromatic N) is 1. The van der Waals surface area contributed by atoms with Crippen LogP contribution in [0, 0.1) is 17.8 Å².